The van der Waals surface area contributed by atoms with Crippen LogP contribution in [0.15, 0.2) is 22.7 Å². The van der Waals surface area contributed by atoms with Crippen LogP contribution in [-0.4, -0.2) is 29.9 Å². The Labute approximate surface area is 120 Å². The zero-order valence-electron chi connectivity index (χ0n) is 9.03. The fraction of sp³-hybridized carbons (Fsp3) is 0.364. The van der Waals surface area contributed by atoms with E-state index in [0.717, 1.165) is 10.9 Å². The van der Waals surface area contributed by atoms with E-state index in [2.05, 4.69) is 15.9 Å². The maximum absolute atomic E-state index is 12.1. The van der Waals surface area contributed by atoms with Crippen molar-refractivity contribution < 1.29 is 4.79 Å². The molecule has 0 aromatic heterocycles. The number of hydrogen-bond donors (Lipinski definition) is 1. The highest BCUT2D eigenvalue weighted by Crippen LogP contribution is 2.23. The number of carbonyl (C=O) groups excluding carboxylic acids is 1. The first-order chi connectivity index (χ1) is 7.58. The highest BCUT2D eigenvalue weighted by Gasteiger charge is 2.25. The second kappa shape index (κ2) is 6.05. The molecule has 0 aliphatic carbocycles. The van der Waals surface area contributed by atoms with Gasteiger partial charge < -0.3 is 10.6 Å². The van der Waals surface area contributed by atoms with E-state index >= 15 is 0 Å². The molecule has 1 saturated heterocycles. The van der Waals surface area contributed by atoms with Gasteiger partial charge in [-0.15, -0.1) is 12.4 Å². The molecule has 94 valence electrons. The number of benzene rings is 1. The van der Waals surface area contributed by atoms with Crippen molar-refractivity contribution in [3.8, 4) is 0 Å². The highest BCUT2D eigenvalue weighted by molar-refractivity contribution is 9.10. The van der Waals surface area contributed by atoms with Crippen LogP contribution in [0.25, 0.3) is 0 Å². The number of rotatable bonds is 1. The van der Waals surface area contributed by atoms with Gasteiger partial charge in [0.05, 0.1) is 10.6 Å². The van der Waals surface area contributed by atoms with Crippen LogP contribution in [0.3, 0.4) is 0 Å². The molecule has 2 N–H and O–H groups in total. The van der Waals surface area contributed by atoms with E-state index in [-0.39, 0.29) is 24.4 Å². The predicted molar refractivity (Wildman–Crippen MR) is 74.9 cm³/mol. The SMILES string of the molecule is Cl.N[C@H]1CCN(C(=O)c2ccc(Br)cc2Cl)C1. The topological polar surface area (TPSA) is 46.3 Å². The first-order valence-corrected chi connectivity index (χ1v) is 6.25. The summed E-state index contributed by atoms with van der Waals surface area (Å²) in [5.41, 5.74) is 6.31. The Bertz CT molecular complexity index is 428. The van der Waals surface area contributed by atoms with Crippen molar-refractivity contribution >= 4 is 45.8 Å². The molecule has 1 aliphatic rings. The predicted octanol–water partition coefficient (Wildman–Crippen LogP) is 2.70. The Morgan fingerprint density at radius 2 is 2.24 bits per heavy atom. The van der Waals surface area contributed by atoms with E-state index < -0.39 is 0 Å². The molecule has 17 heavy (non-hydrogen) atoms. The Balaban J connectivity index is 0.00000144. The molecule has 2 rings (SSSR count). The van der Waals surface area contributed by atoms with E-state index in [1.165, 1.54) is 0 Å². The van der Waals surface area contributed by atoms with Crippen LogP contribution in [-0.2, 0) is 0 Å². The molecule has 0 radical (unpaired) electrons. The summed E-state index contributed by atoms with van der Waals surface area (Å²) in [6.07, 6.45) is 0.861. The van der Waals surface area contributed by atoms with Gasteiger partial charge in [-0.3, -0.25) is 4.79 Å². The molecule has 1 aromatic carbocycles. The molecule has 6 heteroatoms. The van der Waals surface area contributed by atoms with Crippen molar-refractivity contribution in [2.45, 2.75) is 12.5 Å². The van der Waals surface area contributed by atoms with E-state index in [9.17, 15) is 4.79 Å². The fourth-order valence-electron chi connectivity index (χ4n) is 1.81. The van der Waals surface area contributed by atoms with Gasteiger partial charge >= 0.3 is 0 Å². The van der Waals surface area contributed by atoms with E-state index in [1.807, 2.05) is 6.07 Å². The summed E-state index contributed by atoms with van der Waals surface area (Å²) in [4.78, 5) is 13.8. The minimum absolute atomic E-state index is 0. The number of hydrogen-bond acceptors (Lipinski definition) is 2. The molecule has 0 bridgehead atoms. The zero-order chi connectivity index (χ0) is 11.7. The number of carbonyl (C=O) groups is 1. The Morgan fingerprint density at radius 1 is 1.53 bits per heavy atom. The van der Waals surface area contributed by atoms with Crippen LogP contribution in [0.4, 0.5) is 0 Å². The monoisotopic (exact) mass is 338 g/mol. The molecule has 1 heterocycles. The average Bonchev–Trinajstić information content (AvgIpc) is 2.64. The molecule has 0 spiro atoms. The van der Waals surface area contributed by atoms with Gasteiger partial charge in [-0.25, -0.2) is 0 Å². The molecule has 1 amide bonds. The second-order valence-corrected chi connectivity index (χ2v) is 5.25. The zero-order valence-corrected chi connectivity index (χ0v) is 12.2. The largest absolute Gasteiger partial charge is 0.337 e. The van der Waals surface area contributed by atoms with Gasteiger partial charge in [0.2, 0.25) is 0 Å². The van der Waals surface area contributed by atoms with Crippen molar-refractivity contribution in [3.05, 3.63) is 33.3 Å². The first kappa shape index (κ1) is 14.8. The molecule has 0 unspecified atom stereocenters. The number of nitrogens with two attached hydrogens (primary N) is 1. The third kappa shape index (κ3) is 3.35. The van der Waals surface area contributed by atoms with Crippen LogP contribution in [0.2, 0.25) is 5.02 Å². The average molecular weight is 340 g/mol. The summed E-state index contributed by atoms with van der Waals surface area (Å²) in [5, 5.41) is 0.472. The minimum Gasteiger partial charge on any atom is -0.337 e. The van der Waals surface area contributed by atoms with Crippen LogP contribution in [0.5, 0.6) is 0 Å². The highest BCUT2D eigenvalue weighted by atomic mass is 79.9. The standard InChI is InChI=1S/C11H12BrClN2O.ClH/c12-7-1-2-9(10(13)5-7)11(16)15-4-3-8(14)6-15;/h1-2,5,8H,3-4,6,14H2;1H/t8-;/m0./s1. The number of amides is 1. The first-order valence-electron chi connectivity index (χ1n) is 5.08. The summed E-state index contributed by atoms with van der Waals surface area (Å²) in [6, 6.07) is 5.37. The number of halogens is 3. The van der Waals surface area contributed by atoms with Crippen molar-refractivity contribution in [1.29, 1.82) is 0 Å². The Kier molecular flexibility index (Phi) is 5.25. The normalized spacial score (nSPS) is 19.0. The minimum atomic E-state index is -0.0366. The number of nitrogens with zero attached hydrogens (tertiary/aromatic N) is 1. The second-order valence-electron chi connectivity index (χ2n) is 3.92. The van der Waals surface area contributed by atoms with Gasteiger partial charge in [-0.05, 0) is 24.6 Å². The molecular formula is C11H13BrCl2N2O. The lowest BCUT2D eigenvalue weighted by molar-refractivity contribution is 0.0791. The maximum Gasteiger partial charge on any atom is 0.255 e. The van der Waals surface area contributed by atoms with Gasteiger partial charge in [-0.1, -0.05) is 27.5 Å². The van der Waals surface area contributed by atoms with E-state index in [0.29, 0.717) is 23.7 Å². The molecule has 1 atom stereocenters. The molecule has 1 aliphatic heterocycles. The fourth-order valence-corrected chi connectivity index (χ4v) is 2.56. The Morgan fingerprint density at radius 3 is 2.76 bits per heavy atom. The molecule has 1 aromatic rings. The van der Waals surface area contributed by atoms with E-state index in [4.69, 9.17) is 17.3 Å². The van der Waals surface area contributed by atoms with Crippen molar-refractivity contribution in [1.82, 2.24) is 4.90 Å². The van der Waals surface area contributed by atoms with Crippen molar-refractivity contribution in [2.75, 3.05) is 13.1 Å². The lowest BCUT2D eigenvalue weighted by Gasteiger charge is -2.16. The summed E-state index contributed by atoms with van der Waals surface area (Å²) < 4.78 is 0.868. The van der Waals surface area contributed by atoms with Crippen molar-refractivity contribution in [3.63, 3.8) is 0 Å². The summed E-state index contributed by atoms with van der Waals surface area (Å²) in [6.45, 7) is 1.33. The lowest BCUT2D eigenvalue weighted by atomic mass is 10.2. The maximum atomic E-state index is 12.1. The van der Waals surface area contributed by atoms with Crippen LogP contribution < -0.4 is 5.73 Å². The van der Waals surface area contributed by atoms with Gasteiger partial charge in [0.15, 0.2) is 0 Å². The molecular weight excluding hydrogens is 327 g/mol. The molecule has 0 saturated carbocycles. The third-order valence-corrected chi connectivity index (χ3v) is 3.48. The third-order valence-electron chi connectivity index (χ3n) is 2.67. The van der Waals surface area contributed by atoms with Crippen LogP contribution in [0, 0.1) is 0 Å². The quantitative estimate of drug-likeness (QED) is 0.855. The Hall–Kier alpha value is -0.290. The molecule has 3 nitrogen and oxygen atoms in total. The smallest absolute Gasteiger partial charge is 0.255 e. The van der Waals surface area contributed by atoms with Crippen LogP contribution >= 0.6 is 39.9 Å². The molecule has 1 fully saturated rings. The number of likely N-dealkylation sites (tertiary alicyclic amines) is 1. The summed E-state index contributed by atoms with van der Waals surface area (Å²) in [7, 11) is 0. The van der Waals surface area contributed by atoms with Gasteiger partial charge in [0.1, 0.15) is 0 Å². The van der Waals surface area contributed by atoms with E-state index in [1.54, 1.807) is 17.0 Å². The van der Waals surface area contributed by atoms with Gasteiger partial charge in [0, 0.05) is 23.6 Å². The summed E-state index contributed by atoms with van der Waals surface area (Å²) >= 11 is 9.34. The van der Waals surface area contributed by atoms with Crippen molar-refractivity contribution in [2.24, 2.45) is 5.73 Å². The van der Waals surface area contributed by atoms with Gasteiger partial charge in [-0.2, -0.15) is 0 Å². The summed E-state index contributed by atoms with van der Waals surface area (Å²) in [5.74, 6) is -0.0366. The van der Waals surface area contributed by atoms with Gasteiger partial charge in [0.25, 0.3) is 5.91 Å². The van der Waals surface area contributed by atoms with Crippen LogP contribution in [0.1, 0.15) is 16.8 Å². The lowest BCUT2D eigenvalue weighted by Crippen LogP contribution is -2.32.